The Labute approximate surface area is 413 Å². The lowest BCUT2D eigenvalue weighted by molar-refractivity contribution is -0.167. The van der Waals surface area contributed by atoms with Gasteiger partial charge in [0.25, 0.3) is 0 Å². The summed E-state index contributed by atoms with van der Waals surface area (Å²) in [5, 5.41) is 0. The molecule has 0 fully saturated rings. The number of carbonyl (C=O) groups excluding carboxylic acids is 3. The highest BCUT2D eigenvalue weighted by molar-refractivity contribution is 5.71. The minimum atomic E-state index is -0.777. The van der Waals surface area contributed by atoms with E-state index in [2.05, 4.69) is 118 Å². The highest BCUT2D eigenvalue weighted by atomic mass is 16.6. The molecular weight excluding hydrogens is 829 g/mol. The van der Waals surface area contributed by atoms with Crippen LogP contribution in [0.4, 0.5) is 0 Å². The van der Waals surface area contributed by atoms with Gasteiger partial charge in [-0.15, -0.1) is 0 Å². The van der Waals surface area contributed by atoms with E-state index in [0.29, 0.717) is 19.3 Å². The molecule has 0 radical (unpaired) electrons. The molecule has 0 aliphatic carbocycles. The predicted molar refractivity (Wildman–Crippen MR) is 288 cm³/mol. The summed E-state index contributed by atoms with van der Waals surface area (Å²) in [6.45, 7) is 6.46. The molecule has 0 rings (SSSR count). The molecule has 0 aromatic carbocycles. The van der Waals surface area contributed by atoms with E-state index in [4.69, 9.17) is 14.2 Å². The van der Waals surface area contributed by atoms with Crippen LogP contribution in [0.3, 0.4) is 0 Å². The summed E-state index contributed by atoms with van der Waals surface area (Å²) < 4.78 is 16.7. The van der Waals surface area contributed by atoms with Gasteiger partial charge in [-0.05, 0) is 83.5 Å². The van der Waals surface area contributed by atoms with Gasteiger partial charge in [0, 0.05) is 19.3 Å². The molecule has 67 heavy (non-hydrogen) atoms. The van der Waals surface area contributed by atoms with Gasteiger partial charge in [-0.2, -0.15) is 0 Å². The van der Waals surface area contributed by atoms with Gasteiger partial charge >= 0.3 is 17.9 Å². The van der Waals surface area contributed by atoms with Gasteiger partial charge in [0.05, 0.1) is 0 Å². The largest absolute Gasteiger partial charge is 0.462 e. The van der Waals surface area contributed by atoms with Crippen molar-refractivity contribution in [2.24, 2.45) is 0 Å². The molecule has 0 N–H and O–H groups in total. The molecule has 0 saturated heterocycles. The summed E-state index contributed by atoms with van der Waals surface area (Å²) in [5.41, 5.74) is 0. The van der Waals surface area contributed by atoms with Crippen LogP contribution in [-0.2, 0) is 28.6 Å². The maximum atomic E-state index is 12.7. The fourth-order valence-corrected chi connectivity index (χ4v) is 7.46. The monoisotopic (exact) mass is 931 g/mol. The first-order chi connectivity index (χ1) is 33.0. The van der Waals surface area contributed by atoms with E-state index in [1.54, 1.807) is 0 Å². The molecule has 1 unspecified atom stereocenters. The third-order valence-electron chi connectivity index (χ3n) is 11.6. The maximum Gasteiger partial charge on any atom is 0.306 e. The Hall–Kier alpha value is -3.67. The minimum absolute atomic E-state index is 0.0798. The fourth-order valence-electron chi connectivity index (χ4n) is 7.46. The van der Waals surface area contributed by atoms with Crippen LogP contribution in [0.5, 0.6) is 0 Å². The molecule has 6 heteroatoms. The van der Waals surface area contributed by atoms with Crippen molar-refractivity contribution in [1.29, 1.82) is 0 Å². The first kappa shape index (κ1) is 63.3. The molecule has 0 amide bonds. The molecule has 0 aliphatic heterocycles. The number of unbranched alkanes of at least 4 members (excludes halogenated alkanes) is 22. The van der Waals surface area contributed by atoms with E-state index >= 15 is 0 Å². The van der Waals surface area contributed by atoms with Crippen molar-refractivity contribution in [3.8, 4) is 0 Å². The van der Waals surface area contributed by atoms with Gasteiger partial charge in [0.15, 0.2) is 6.10 Å². The van der Waals surface area contributed by atoms with Crippen LogP contribution in [0.2, 0.25) is 0 Å². The normalized spacial score (nSPS) is 12.8. The second-order valence-corrected chi connectivity index (χ2v) is 18.1. The average Bonchev–Trinajstić information content (AvgIpc) is 3.33. The van der Waals surface area contributed by atoms with E-state index < -0.39 is 6.10 Å². The van der Waals surface area contributed by atoms with Crippen molar-refractivity contribution in [2.75, 3.05) is 13.2 Å². The highest BCUT2D eigenvalue weighted by Gasteiger charge is 2.19. The van der Waals surface area contributed by atoms with Gasteiger partial charge in [-0.25, -0.2) is 0 Å². The smallest absolute Gasteiger partial charge is 0.306 e. The SMILES string of the molecule is CC/C=C\C/C=C\C/C=C\C/C=C\C/C=C\C/C=C\C/C=C\C/C=C\CCCCCCCCC(=O)OCC(COC(=O)CCCCCCCCC)OC(=O)CCCCCCCCCCCCC. The molecule has 1 atom stereocenters. The zero-order valence-electron chi connectivity index (χ0n) is 43.6. The number of hydrogen-bond acceptors (Lipinski definition) is 6. The quantitative estimate of drug-likeness (QED) is 0.0262. The summed E-state index contributed by atoms with van der Waals surface area (Å²) in [5.74, 6) is -0.902. The molecule has 0 aliphatic rings. The van der Waals surface area contributed by atoms with Crippen LogP contribution in [0.25, 0.3) is 0 Å². The molecule has 0 heterocycles. The lowest BCUT2D eigenvalue weighted by Gasteiger charge is -2.18. The van der Waals surface area contributed by atoms with Gasteiger partial charge in [-0.3, -0.25) is 14.4 Å². The topological polar surface area (TPSA) is 78.9 Å². The number of carbonyl (C=O) groups is 3. The zero-order valence-corrected chi connectivity index (χ0v) is 43.6. The Morgan fingerprint density at radius 1 is 0.313 bits per heavy atom. The summed E-state index contributed by atoms with van der Waals surface area (Å²) >= 11 is 0. The molecular formula is C61H102O6. The number of hydrogen-bond donors (Lipinski definition) is 0. The van der Waals surface area contributed by atoms with Crippen molar-refractivity contribution in [3.63, 3.8) is 0 Å². The molecule has 0 saturated carbocycles. The summed E-state index contributed by atoms with van der Waals surface area (Å²) in [6.07, 6.45) is 72.8. The number of rotatable bonds is 49. The fraction of sp³-hybridized carbons (Fsp3) is 0.689. The summed E-state index contributed by atoms with van der Waals surface area (Å²) in [6, 6.07) is 0. The average molecular weight is 931 g/mol. The molecule has 0 bridgehead atoms. The summed E-state index contributed by atoms with van der Waals surface area (Å²) in [7, 11) is 0. The highest BCUT2D eigenvalue weighted by Crippen LogP contribution is 2.14. The van der Waals surface area contributed by atoms with Crippen LogP contribution in [0.15, 0.2) is 97.2 Å². The Morgan fingerprint density at radius 3 is 0.910 bits per heavy atom. The second-order valence-electron chi connectivity index (χ2n) is 18.1. The van der Waals surface area contributed by atoms with Crippen molar-refractivity contribution in [2.45, 2.75) is 258 Å². The molecule has 0 aromatic rings. The van der Waals surface area contributed by atoms with Crippen LogP contribution < -0.4 is 0 Å². The Balaban J connectivity index is 4.14. The van der Waals surface area contributed by atoms with E-state index in [1.165, 1.54) is 89.9 Å². The van der Waals surface area contributed by atoms with E-state index in [9.17, 15) is 14.4 Å². The summed E-state index contributed by atoms with van der Waals surface area (Å²) in [4.78, 5) is 37.8. The van der Waals surface area contributed by atoms with Crippen LogP contribution in [-0.4, -0.2) is 37.2 Å². The lowest BCUT2D eigenvalue weighted by Crippen LogP contribution is -2.30. The standard InChI is InChI=1S/C61H102O6/c1-4-7-10-13-16-18-20-21-22-23-24-25-26-27-28-29-30-31-32-33-34-35-36-37-38-39-41-42-45-48-51-54-60(63)66-57-58(56-65-59(62)53-50-47-44-15-12-9-6-3)67-61(64)55-52-49-46-43-40-19-17-14-11-8-5-2/h7,10,16,18,21-22,24-25,27-28,30-31,33-34,36-37,58H,4-6,8-9,11-15,17,19-20,23,26,29,32,35,38-57H2,1-3H3/b10-7-,18-16-,22-21-,25-24-,28-27-,31-30-,34-33-,37-36-. The van der Waals surface area contributed by atoms with Gasteiger partial charge < -0.3 is 14.2 Å². The van der Waals surface area contributed by atoms with Crippen LogP contribution >= 0.6 is 0 Å². The number of allylic oxidation sites excluding steroid dienone is 16. The number of ether oxygens (including phenoxy) is 3. The third kappa shape index (κ3) is 53.2. The maximum absolute atomic E-state index is 12.7. The molecule has 0 spiro atoms. The van der Waals surface area contributed by atoms with E-state index in [0.717, 1.165) is 122 Å². The predicted octanol–water partition coefficient (Wildman–Crippen LogP) is 18.5. The Morgan fingerprint density at radius 2 is 0.582 bits per heavy atom. The van der Waals surface area contributed by atoms with Crippen LogP contribution in [0, 0.1) is 0 Å². The van der Waals surface area contributed by atoms with Crippen molar-refractivity contribution < 1.29 is 28.6 Å². The zero-order chi connectivity index (χ0) is 48.6. The number of esters is 3. The van der Waals surface area contributed by atoms with Gasteiger partial charge in [0.1, 0.15) is 13.2 Å². The molecule has 382 valence electrons. The van der Waals surface area contributed by atoms with Crippen molar-refractivity contribution >= 4 is 17.9 Å². The second kappa shape index (κ2) is 54.9. The Bertz CT molecular complexity index is 1350. The van der Waals surface area contributed by atoms with Gasteiger partial charge in [0.2, 0.25) is 0 Å². The van der Waals surface area contributed by atoms with Crippen molar-refractivity contribution in [1.82, 2.24) is 0 Å². The molecule has 6 nitrogen and oxygen atoms in total. The van der Waals surface area contributed by atoms with Gasteiger partial charge in [-0.1, -0.05) is 246 Å². The third-order valence-corrected chi connectivity index (χ3v) is 11.6. The van der Waals surface area contributed by atoms with E-state index in [-0.39, 0.29) is 31.1 Å². The van der Waals surface area contributed by atoms with Crippen molar-refractivity contribution in [3.05, 3.63) is 97.2 Å². The first-order valence-electron chi connectivity index (χ1n) is 27.7. The first-order valence-corrected chi connectivity index (χ1v) is 27.7. The van der Waals surface area contributed by atoms with Crippen LogP contribution in [0.1, 0.15) is 252 Å². The lowest BCUT2D eigenvalue weighted by atomic mass is 10.1. The minimum Gasteiger partial charge on any atom is -0.462 e. The molecule has 0 aromatic heterocycles. The Kier molecular flexibility index (Phi) is 51.9. The van der Waals surface area contributed by atoms with E-state index in [1.807, 2.05) is 0 Å².